The summed E-state index contributed by atoms with van der Waals surface area (Å²) in [7, 11) is 0. The summed E-state index contributed by atoms with van der Waals surface area (Å²) in [5, 5.41) is 8.28. The highest BCUT2D eigenvalue weighted by Gasteiger charge is 2.19. The zero-order valence-corrected chi connectivity index (χ0v) is 16.1. The van der Waals surface area contributed by atoms with Gasteiger partial charge in [-0.1, -0.05) is 17.3 Å². The number of aromatic nitrogens is 2. The number of ether oxygens (including phenoxy) is 1. The van der Waals surface area contributed by atoms with Gasteiger partial charge in [0.15, 0.2) is 6.10 Å². The summed E-state index contributed by atoms with van der Waals surface area (Å²) in [5.41, 5.74) is 0.767. The molecular weight excluding hydrogens is 385 g/mol. The van der Waals surface area contributed by atoms with Crippen LogP contribution in [0.5, 0.6) is 0 Å². The molecule has 0 bridgehead atoms. The molecule has 2 aromatic heterocycles. The molecule has 1 N–H and O–H groups in total. The van der Waals surface area contributed by atoms with Gasteiger partial charge in [-0.15, -0.1) is 11.3 Å². The molecule has 2 heterocycles. The molecule has 28 heavy (non-hydrogen) atoms. The van der Waals surface area contributed by atoms with Crippen LogP contribution in [0.3, 0.4) is 0 Å². The maximum Gasteiger partial charge on any atom is 0.307 e. The topological polar surface area (TPSA) is 94.3 Å². The fourth-order valence-electron chi connectivity index (χ4n) is 2.30. The Balaban J connectivity index is 1.47. The van der Waals surface area contributed by atoms with E-state index >= 15 is 0 Å². The van der Waals surface area contributed by atoms with E-state index in [4.69, 9.17) is 9.26 Å². The SMILES string of the molecule is Cc1ccc(NC(=O)[C@H](C)OC(=O)CCc2nc(-c3cccs3)no2)cc1F. The quantitative estimate of drug-likeness (QED) is 0.604. The number of carbonyl (C=O) groups excluding carboxylic acids is 2. The summed E-state index contributed by atoms with van der Waals surface area (Å²) in [6, 6.07) is 8.09. The smallest absolute Gasteiger partial charge is 0.307 e. The Kier molecular flexibility index (Phi) is 6.15. The predicted molar refractivity (Wildman–Crippen MR) is 101 cm³/mol. The van der Waals surface area contributed by atoms with Crippen LogP contribution < -0.4 is 5.32 Å². The molecule has 1 atom stereocenters. The van der Waals surface area contributed by atoms with Crippen molar-refractivity contribution in [2.45, 2.75) is 32.8 Å². The number of nitrogens with zero attached hydrogens (tertiary/aromatic N) is 2. The molecular formula is C19H18FN3O4S. The Labute approximate surface area is 164 Å². The number of thiophene rings is 1. The van der Waals surface area contributed by atoms with E-state index in [-0.39, 0.29) is 12.8 Å². The Morgan fingerprint density at radius 1 is 1.36 bits per heavy atom. The molecule has 0 aliphatic carbocycles. The zero-order chi connectivity index (χ0) is 20.1. The van der Waals surface area contributed by atoms with Crippen molar-refractivity contribution in [3.8, 4) is 10.7 Å². The van der Waals surface area contributed by atoms with Crippen LogP contribution in [0.4, 0.5) is 10.1 Å². The predicted octanol–water partition coefficient (Wildman–Crippen LogP) is 3.75. The van der Waals surface area contributed by atoms with Crippen molar-refractivity contribution in [2.24, 2.45) is 0 Å². The molecule has 0 aliphatic heterocycles. The Bertz CT molecular complexity index is 971. The molecule has 1 amide bonds. The minimum atomic E-state index is -1.03. The Morgan fingerprint density at radius 3 is 2.89 bits per heavy atom. The van der Waals surface area contributed by atoms with Crippen molar-refractivity contribution >= 4 is 28.9 Å². The second-order valence-electron chi connectivity index (χ2n) is 6.07. The molecule has 0 spiro atoms. The highest BCUT2D eigenvalue weighted by molar-refractivity contribution is 7.13. The fourth-order valence-corrected chi connectivity index (χ4v) is 2.94. The first-order valence-corrected chi connectivity index (χ1v) is 9.43. The van der Waals surface area contributed by atoms with E-state index in [0.717, 1.165) is 4.88 Å². The van der Waals surface area contributed by atoms with Gasteiger partial charge in [0.2, 0.25) is 11.7 Å². The van der Waals surface area contributed by atoms with Crippen molar-refractivity contribution < 1.29 is 23.2 Å². The molecule has 9 heteroatoms. The summed E-state index contributed by atoms with van der Waals surface area (Å²) in [5.74, 6) is -0.768. The molecule has 1 aromatic carbocycles. The van der Waals surface area contributed by atoms with Crippen molar-refractivity contribution in [3.05, 3.63) is 53.0 Å². The van der Waals surface area contributed by atoms with Crippen molar-refractivity contribution in [1.82, 2.24) is 10.1 Å². The van der Waals surface area contributed by atoms with Gasteiger partial charge < -0.3 is 14.6 Å². The Morgan fingerprint density at radius 2 is 2.18 bits per heavy atom. The second-order valence-corrected chi connectivity index (χ2v) is 7.02. The lowest BCUT2D eigenvalue weighted by Gasteiger charge is -2.13. The standard InChI is InChI=1S/C19H18FN3O4S/c1-11-5-6-13(10-14(11)20)21-19(25)12(2)26-17(24)8-7-16-22-18(23-27-16)15-4-3-9-28-15/h3-6,9-10,12H,7-8H2,1-2H3,(H,21,25)/t12-/m0/s1. The number of halogens is 1. The first kappa shape index (κ1) is 19.7. The van der Waals surface area contributed by atoms with Crippen LogP contribution in [-0.4, -0.2) is 28.1 Å². The van der Waals surface area contributed by atoms with Crippen LogP contribution >= 0.6 is 11.3 Å². The third-order valence-corrected chi connectivity index (χ3v) is 4.74. The van der Waals surface area contributed by atoms with Crippen LogP contribution in [-0.2, 0) is 20.7 Å². The summed E-state index contributed by atoms with van der Waals surface area (Å²) >= 11 is 1.48. The lowest BCUT2D eigenvalue weighted by Crippen LogP contribution is -2.30. The van der Waals surface area contributed by atoms with Gasteiger partial charge >= 0.3 is 5.97 Å². The van der Waals surface area contributed by atoms with Gasteiger partial charge in [-0.05, 0) is 43.0 Å². The Hall–Kier alpha value is -3.07. The van der Waals surface area contributed by atoms with Crippen molar-refractivity contribution in [1.29, 1.82) is 0 Å². The number of carbonyl (C=O) groups is 2. The van der Waals surface area contributed by atoms with Gasteiger partial charge in [0.25, 0.3) is 5.91 Å². The summed E-state index contributed by atoms with van der Waals surface area (Å²) < 4.78 is 23.8. The molecule has 0 saturated heterocycles. The van der Waals surface area contributed by atoms with Gasteiger partial charge in [0.1, 0.15) is 5.82 Å². The van der Waals surface area contributed by atoms with E-state index in [0.29, 0.717) is 23.0 Å². The maximum atomic E-state index is 13.5. The molecule has 3 rings (SSSR count). The van der Waals surface area contributed by atoms with Gasteiger partial charge in [-0.2, -0.15) is 4.98 Å². The largest absolute Gasteiger partial charge is 0.453 e. The first-order chi connectivity index (χ1) is 13.4. The molecule has 7 nitrogen and oxygen atoms in total. The number of amides is 1. The van der Waals surface area contributed by atoms with E-state index in [1.807, 2.05) is 17.5 Å². The van der Waals surface area contributed by atoms with Gasteiger partial charge in [-0.3, -0.25) is 9.59 Å². The van der Waals surface area contributed by atoms with E-state index < -0.39 is 23.8 Å². The molecule has 0 fully saturated rings. The van der Waals surface area contributed by atoms with E-state index in [1.165, 1.54) is 24.3 Å². The van der Waals surface area contributed by atoms with Gasteiger partial charge in [-0.25, -0.2) is 4.39 Å². The highest BCUT2D eigenvalue weighted by Crippen LogP contribution is 2.21. The first-order valence-electron chi connectivity index (χ1n) is 8.55. The number of esters is 1. The van der Waals surface area contributed by atoms with Gasteiger partial charge in [0.05, 0.1) is 11.3 Å². The van der Waals surface area contributed by atoms with Crippen LogP contribution in [0.2, 0.25) is 0 Å². The maximum absolute atomic E-state index is 13.5. The number of benzene rings is 1. The number of aryl methyl sites for hydroxylation is 2. The number of anilines is 1. The number of nitrogens with one attached hydrogen (secondary N) is 1. The average molecular weight is 403 g/mol. The van der Waals surface area contributed by atoms with Crippen LogP contribution in [0.15, 0.2) is 40.2 Å². The minimum Gasteiger partial charge on any atom is -0.453 e. The summed E-state index contributed by atoms with van der Waals surface area (Å²) in [6.07, 6.45) is -0.835. The zero-order valence-electron chi connectivity index (χ0n) is 15.3. The number of hydrogen-bond donors (Lipinski definition) is 1. The third-order valence-electron chi connectivity index (χ3n) is 3.87. The molecule has 0 saturated carbocycles. The van der Waals surface area contributed by atoms with E-state index in [2.05, 4.69) is 15.5 Å². The van der Waals surface area contributed by atoms with E-state index in [9.17, 15) is 14.0 Å². The molecule has 146 valence electrons. The number of hydrogen-bond acceptors (Lipinski definition) is 7. The highest BCUT2D eigenvalue weighted by atomic mass is 32.1. The average Bonchev–Trinajstić information content (AvgIpc) is 3.34. The lowest BCUT2D eigenvalue weighted by molar-refractivity contribution is -0.153. The molecule has 3 aromatic rings. The van der Waals surface area contributed by atoms with Crippen LogP contribution in [0.1, 0.15) is 24.8 Å². The summed E-state index contributed by atoms with van der Waals surface area (Å²) in [4.78, 5) is 29.2. The van der Waals surface area contributed by atoms with Gasteiger partial charge in [0, 0.05) is 12.1 Å². The fraction of sp³-hybridized carbons (Fsp3) is 0.263. The van der Waals surface area contributed by atoms with E-state index in [1.54, 1.807) is 19.1 Å². The second kappa shape index (κ2) is 8.75. The molecule has 0 aliphatic rings. The normalized spacial score (nSPS) is 11.8. The molecule has 0 unspecified atom stereocenters. The number of rotatable bonds is 7. The monoisotopic (exact) mass is 403 g/mol. The van der Waals surface area contributed by atoms with Crippen LogP contribution in [0.25, 0.3) is 10.7 Å². The minimum absolute atomic E-state index is 0.0111. The van der Waals surface area contributed by atoms with Crippen molar-refractivity contribution in [3.63, 3.8) is 0 Å². The lowest BCUT2D eigenvalue weighted by atomic mass is 10.2. The van der Waals surface area contributed by atoms with Crippen molar-refractivity contribution in [2.75, 3.05) is 5.32 Å². The third kappa shape index (κ3) is 5.01. The molecule has 0 radical (unpaired) electrons. The summed E-state index contributed by atoms with van der Waals surface area (Å²) in [6.45, 7) is 3.07. The van der Waals surface area contributed by atoms with Crippen LogP contribution in [0, 0.1) is 12.7 Å².